The summed E-state index contributed by atoms with van der Waals surface area (Å²) < 4.78 is 2.05. The van der Waals surface area contributed by atoms with Gasteiger partial charge in [0.1, 0.15) is 0 Å². The van der Waals surface area contributed by atoms with Gasteiger partial charge in [0.25, 0.3) is 0 Å². The van der Waals surface area contributed by atoms with Gasteiger partial charge in [0.05, 0.1) is 12.2 Å². The average Bonchev–Trinajstić information content (AvgIpc) is 2.87. The quantitative estimate of drug-likeness (QED) is 0.824. The molecule has 1 fully saturated rings. The summed E-state index contributed by atoms with van der Waals surface area (Å²) in [7, 11) is 0. The van der Waals surface area contributed by atoms with E-state index < -0.39 is 0 Å². The molecule has 19 heavy (non-hydrogen) atoms. The fraction of sp³-hybridized carbons (Fsp3) is 0.733. The zero-order valence-electron chi connectivity index (χ0n) is 12.9. The van der Waals surface area contributed by atoms with Gasteiger partial charge in [0.15, 0.2) is 0 Å². The van der Waals surface area contributed by atoms with Crippen LogP contribution in [-0.4, -0.2) is 33.7 Å². The van der Waals surface area contributed by atoms with Gasteiger partial charge in [-0.3, -0.25) is 9.48 Å². The third kappa shape index (κ3) is 4.08. The Bertz CT molecular complexity index is 390. The molecule has 1 aliphatic rings. The highest BCUT2D eigenvalue weighted by molar-refractivity contribution is 5.78. The minimum atomic E-state index is 0.110. The number of aromatic nitrogens is 2. The third-order valence-electron chi connectivity index (χ3n) is 3.37. The molecule has 0 radical (unpaired) electrons. The van der Waals surface area contributed by atoms with Gasteiger partial charge in [0.2, 0.25) is 5.91 Å². The van der Waals surface area contributed by atoms with Crippen molar-refractivity contribution in [3.63, 3.8) is 0 Å². The highest BCUT2D eigenvalue weighted by Gasteiger charge is 2.25. The fourth-order valence-corrected chi connectivity index (χ4v) is 2.35. The zero-order chi connectivity index (χ0) is 14.4. The molecule has 0 spiro atoms. The first-order valence-electron chi connectivity index (χ1n) is 7.37. The molecule has 0 unspecified atom stereocenters. The van der Waals surface area contributed by atoms with Crippen LogP contribution in [0.25, 0.3) is 0 Å². The predicted octanol–water partition coefficient (Wildman–Crippen LogP) is 3.04. The number of rotatable bonds is 2. The second kappa shape index (κ2) is 7.31. The van der Waals surface area contributed by atoms with Crippen LogP contribution in [0.1, 0.15) is 52.1 Å². The van der Waals surface area contributed by atoms with Crippen molar-refractivity contribution in [3.05, 3.63) is 18.0 Å². The number of hydrogen-bond acceptors (Lipinski definition) is 2. The number of amides is 1. The van der Waals surface area contributed by atoms with Crippen molar-refractivity contribution in [2.24, 2.45) is 5.92 Å². The van der Waals surface area contributed by atoms with Crippen LogP contribution in [0.15, 0.2) is 12.4 Å². The van der Waals surface area contributed by atoms with Crippen molar-refractivity contribution in [3.8, 4) is 0 Å². The lowest BCUT2D eigenvalue weighted by Gasteiger charge is -2.33. The van der Waals surface area contributed by atoms with Gasteiger partial charge in [-0.05, 0) is 25.3 Å². The number of likely N-dealkylation sites (tertiary alicyclic amines) is 1. The Hall–Kier alpha value is -1.32. The first-order chi connectivity index (χ1) is 9.08. The maximum absolute atomic E-state index is 11.8. The summed E-state index contributed by atoms with van der Waals surface area (Å²) in [5, 5.41) is 4.36. The van der Waals surface area contributed by atoms with E-state index >= 15 is 0 Å². The van der Waals surface area contributed by atoms with Crippen LogP contribution in [0.4, 0.5) is 0 Å². The lowest BCUT2D eigenvalue weighted by Crippen LogP contribution is -2.41. The number of carbonyl (C=O) groups excluding carboxylic acids is 1. The molecule has 2 rings (SSSR count). The number of carbonyl (C=O) groups is 1. The van der Waals surface area contributed by atoms with Gasteiger partial charge >= 0.3 is 0 Å². The van der Waals surface area contributed by atoms with E-state index in [4.69, 9.17) is 0 Å². The minimum absolute atomic E-state index is 0.110. The summed E-state index contributed by atoms with van der Waals surface area (Å²) in [6.07, 6.45) is 6.01. The van der Waals surface area contributed by atoms with Crippen molar-refractivity contribution < 1.29 is 4.79 Å². The second-order valence-electron chi connectivity index (χ2n) is 5.21. The maximum atomic E-state index is 11.8. The molecule has 108 valence electrons. The molecule has 0 atom stereocenters. The molecule has 1 saturated heterocycles. The first kappa shape index (κ1) is 15.7. The lowest BCUT2D eigenvalue weighted by atomic mass is 10.0. The molecule has 4 heteroatoms. The molecule has 0 bridgehead atoms. The van der Waals surface area contributed by atoms with Crippen LogP contribution >= 0.6 is 0 Å². The molecule has 1 aromatic heterocycles. The summed E-state index contributed by atoms with van der Waals surface area (Å²) in [6.45, 7) is 11.7. The molecular formula is C15H27N3O. The van der Waals surface area contributed by atoms with Crippen molar-refractivity contribution in [2.75, 3.05) is 13.1 Å². The third-order valence-corrected chi connectivity index (χ3v) is 3.37. The average molecular weight is 265 g/mol. The van der Waals surface area contributed by atoms with Crippen LogP contribution in [0, 0.1) is 12.8 Å². The van der Waals surface area contributed by atoms with Crippen molar-refractivity contribution in [2.45, 2.75) is 53.5 Å². The van der Waals surface area contributed by atoms with Crippen LogP contribution in [0.5, 0.6) is 0 Å². The number of aryl methyl sites for hydroxylation is 1. The highest BCUT2D eigenvalue weighted by atomic mass is 16.2. The molecule has 2 heterocycles. The van der Waals surface area contributed by atoms with E-state index in [1.807, 2.05) is 43.5 Å². The van der Waals surface area contributed by atoms with Gasteiger partial charge in [-0.2, -0.15) is 5.10 Å². The van der Waals surface area contributed by atoms with E-state index in [0.717, 1.165) is 25.9 Å². The van der Waals surface area contributed by atoms with Crippen LogP contribution in [-0.2, 0) is 4.79 Å². The van der Waals surface area contributed by atoms with E-state index in [0.29, 0.717) is 6.04 Å². The fourth-order valence-electron chi connectivity index (χ4n) is 2.35. The molecular weight excluding hydrogens is 238 g/mol. The Morgan fingerprint density at radius 2 is 1.89 bits per heavy atom. The Labute approximate surface area is 116 Å². The standard InChI is InChI=1S/C13H21N3O.C2H6/c1-10(2)13(17)15-6-4-12(5-7-15)16-9-11(3)8-14-16;1-2/h8-10,12H,4-7H2,1-3H3;1-2H3. The molecule has 1 amide bonds. The minimum Gasteiger partial charge on any atom is -0.342 e. The molecule has 0 aromatic carbocycles. The maximum Gasteiger partial charge on any atom is 0.225 e. The molecule has 4 nitrogen and oxygen atoms in total. The first-order valence-corrected chi connectivity index (χ1v) is 7.37. The van der Waals surface area contributed by atoms with Crippen molar-refractivity contribution in [1.29, 1.82) is 0 Å². The van der Waals surface area contributed by atoms with Gasteiger partial charge < -0.3 is 4.90 Å². The van der Waals surface area contributed by atoms with E-state index in [9.17, 15) is 4.79 Å². The Kier molecular flexibility index (Phi) is 6.06. The van der Waals surface area contributed by atoms with Crippen LogP contribution in [0.2, 0.25) is 0 Å². The molecule has 0 N–H and O–H groups in total. The van der Waals surface area contributed by atoms with E-state index in [1.54, 1.807) is 0 Å². The largest absolute Gasteiger partial charge is 0.342 e. The SMILES string of the molecule is CC.Cc1cnn(C2CCN(C(=O)C(C)C)CC2)c1. The number of nitrogens with zero attached hydrogens (tertiary/aromatic N) is 3. The van der Waals surface area contributed by atoms with E-state index in [-0.39, 0.29) is 11.8 Å². The van der Waals surface area contributed by atoms with Crippen LogP contribution < -0.4 is 0 Å². The Morgan fingerprint density at radius 3 is 2.32 bits per heavy atom. The summed E-state index contributed by atoms with van der Waals surface area (Å²) in [4.78, 5) is 13.8. The summed E-state index contributed by atoms with van der Waals surface area (Å²) in [6, 6.07) is 0.458. The molecule has 1 aromatic rings. The molecule has 1 aliphatic heterocycles. The number of hydrogen-bond donors (Lipinski definition) is 0. The Balaban J connectivity index is 0.000000861. The van der Waals surface area contributed by atoms with Gasteiger partial charge in [0, 0.05) is 25.2 Å². The summed E-state index contributed by atoms with van der Waals surface area (Å²) >= 11 is 0. The van der Waals surface area contributed by atoms with Gasteiger partial charge in [-0.15, -0.1) is 0 Å². The normalized spacial score (nSPS) is 16.2. The van der Waals surface area contributed by atoms with Crippen LogP contribution in [0.3, 0.4) is 0 Å². The second-order valence-corrected chi connectivity index (χ2v) is 5.21. The Morgan fingerprint density at radius 1 is 1.32 bits per heavy atom. The summed E-state index contributed by atoms with van der Waals surface area (Å²) in [5.41, 5.74) is 1.20. The molecule has 0 saturated carbocycles. The van der Waals surface area contributed by atoms with Gasteiger partial charge in [-0.25, -0.2) is 0 Å². The topological polar surface area (TPSA) is 38.1 Å². The van der Waals surface area contributed by atoms with Crippen molar-refractivity contribution in [1.82, 2.24) is 14.7 Å². The van der Waals surface area contributed by atoms with Crippen molar-refractivity contribution >= 4 is 5.91 Å². The number of piperidine rings is 1. The zero-order valence-corrected chi connectivity index (χ0v) is 12.9. The predicted molar refractivity (Wildman–Crippen MR) is 78.0 cm³/mol. The van der Waals surface area contributed by atoms with Gasteiger partial charge in [-0.1, -0.05) is 27.7 Å². The molecule has 0 aliphatic carbocycles. The lowest BCUT2D eigenvalue weighted by molar-refractivity contribution is -0.135. The monoisotopic (exact) mass is 265 g/mol. The van der Waals surface area contributed by atoms with E-state index in [2.05, 4.69) is 18.2 Å². The summed E-state index contributed by atoms with van der Waals surface area (Å²) in [5.74, 6) is 0.388. The smallest absolute Gasteiger partial charge is 0.225 e. The van der Waals surface area contributed by atoms with E-state index in [1.165, 1.54) is 5.56 Å². The highest BCUT2D eigenvalue weighted by Crippen LogP contribution is 2.22.